The largest absolute Gasteiger partial charge is 0.447 e. The third-order valence-electron chi connectivity index (χ3n) is 4.73. The van der Waals surface area contributed by atoms with Crippen molar-refractivity contribution < 1.29 is 19.1 Å². The van der Waals surface area contributed by atoms with Gasteiger partial charge < -0.3 is 19.7 Å². The van der Waals surface area contributed by atoms with Crippen molar-refractivity contribution >= 4 is 23.3 Å². The number of aromatic nitrogens is 1. The van der Waals surface area contributed by atoms with Crippen LogP contribution in [-0.4, -0.2) is 55.3 Å². The minimum atomic E-state index is -0.346. The Hall–Kier alpha value is -2.45. The second-order valence-corrected chi connectivity index (χ2v) is 7.56. The number of carbonyl (C=O) groups is 2. The zero-order valence-corrected chi connectivity index (χ0v) is 16.7. The molecule has 7 nitrogen and oxygen atoms in total. The van der Waals surface area contributed by atoms with Crippen molar-refractivity contribution in [1.29, 1.82) is 0 Å². The van der Waals surface area contributed by atoms with Crippen LogP contribution in [0.1, 0.15) is 29.5 Å². The van der Waals surface area contributed by atoms with Crippen LogP contribution in [0.25, 0.3) is 0 Å². The van der Waals surface area contributed by atoms with E-state index in [0.717, 1.165) is 10.6 Å². The Labute approximate surface area is 168 Å². The molecule has 3 heterocycles. The number of thiophene rings is 1. The molecule has 1 saturated heterocycles. The normalized spacial score (nSPS) is 15.8. The molecule has 1 N–H and O–H groups in total. The zero-order chi connectivity index (χ0) is 19.8. The van der Waals surface area contributed by atoms with E-state index in [9.17, 15) is 9.59 Å². The first-order valence-electron chi connectivity index (χ1n) is 9.34. The highest BCUT2D eigenvalue weighted by Crippen LogP contribution is 2.26. The van der Waals surface area contributed by atoms with Gasteiger partial charge in [0.2, 0.25) is 5.91 Å². The summed E-state index contributed by atoms with van der Waals surface area (Å²) < 4.78 is 10.0. The molecule has 28 heavy (non-hydrogen) atoms. The van der Waals surface area contributed by atoms with Gasteiger partial charge in [-0.3, -0.25) is 9.78 Å². The molecule has 2 aromatic rings. The lowest BCUT2D eigenvalue weighted by Crippen LogP contribution is -2.44. The lowest BCUT2D eigenvalue weighted by molar-refractivity contribution is -0.126. The predicted molar refractivity (Wildman–Crippen MR) is 106 cm³/mol. The monoisotopic (exact) mass is 403 g/mol. The number of piperidine rings is 1. The van der Waals surface area contributed by atoms with Crippen molar-refractivity contribution in [2.45, 2.75) is 18.9 Å². The van der Waals surface area contributed by atoms with E-state index in [1.54, 1.807) is 29.5 Å². The average Bonchev–Trinajstić information content (AvgIpc) is 3.27. The van der Waals surface area contributed by atoms with Crippen LogP contribution in [0.2, 0.25) is 0 Å². The number of pyridine rings is 1. The number of nitrogens with zero attached hydrogens (tertiary/aromatic N) is 2. The summed E-state index contributed by atoms with van der Waals surface area (Å²) >= 11 is 1.59. The Morgan fingerprint density at radius 1 is 1.25 bits per heavy atom. The highest BCUT2D eigenvalue weighted by Gasteiger charge is 2.30. The summed E-state index contributed by atoms with van der Waals surface area (Å²) in [4.78, 5) is 32.0. The first kappa shape index (κ1) is 20.3. The van der Waals surface area contributed by atoms with E-state index in [1.165, 1.54) is 0 Å². The number of methoxy groups -OCH3 is 1. The molecule has 1 atom stereocenters. The maximum absolute atomic E-state index is 12.9. The number of hydrogen-bond donors (Lipinski definition) is 1. The molecule has 0 spiro atoms. The van der Waals surface area contributed by atoms with Gasteiger partial charge in [-0.15, -0.1) is 11.3 Å². The molecule has 3 rings (SSSR count). The number of nitrogens with one attached hydrogen (secondary N) is 1. The first-order valence-corrected chi connectivity index (χ1v) is 10.2. The third-order valence-corrected chi connectivity index (χ3v) is 5.67. The third kappa shape index (κ3) is 5.30. The Kier molecular flexibility index (Phi) is 7.39. The second-order valence-electron chi connectivity index (χ2n) is 6.58. The SMILES string of the molecule is COCCOC(=O)N1CCC(C(=O)NC(c2ccccn2)c2cccs2)CC1. The van der Waals surface area contributed by atoms with Gasteiger partial charge in [-0.25, -0.2) is 4.79 Å². The van der Waals surface area contributed by atoms with Crippen LogP contribution in [0.3, 0.4) is 0 Å². The second kappa shape index (κ2) is 10.2. The summed E-state index contributed by atoms with van der Waals surface area (Å²) in [6.45, 7) is 1.64. The van der Waals surface area contributed by atoms with Crippen molar-refractivity contribution in [3.05, 3.63) is 52.5 Å². The first-order chi connectivity index (χ1) is 13.7. The molecule has 0 aromatic carbocycles. The van der Waals surface area contributed by atoms with Gasteiger partial charge in [0, 0.05) is 37.2 Å². The Morgan fingerprint density at radius 2 is 2.07 bits per heavy atom. The van der Waals surface area contributed by atoms with E-state index in [2.05, 4.69) is 10.3 Å². The van der Waals surface area contributed by atoms with E-state index in [1.807, 2.05) is 35.7 Å². The molecular formula is C20H25N3O4S. The van der Waals surface area contributed by atoms with Crippen molar-refractivity contribution in [3.63, 3.8) is 0 Å². The minimum absolute atomic E-state index is 0.00328. The van der Waals surface area contributed by atoms with Gasteiger partial charge in [-0.1, -0.05) is 12.1 Å². The number of likely N-dealkylation sites (tertiary alicyclic amines) is 1. The van der Waals surface area contributed by atoms with Gasteiger partial charge in [-0.05, 0) is 36.4 Å². The summed E-state index contributed by atoms with van der Waals surface area (Å²) in [6.07, 6.45) is 2.62. The van der Waals surface area contributed by atoms with E-state index in [-0.39, 0.29) is 30.6 Å². The van der Waals surface area contributed by atoms with Crippen LogP contribution in [0, 0.1) is 5.92 Å². The molecule has 0 saturated carbocycles. The quantitative estimate of drug-likeness (QED) is 0.719. The summed E-state index contributed by atoms with van der Waals surface area (Å²) in [6, 6.07) is 9.41. The summed E-state index contributed by atoms with van der Waals surface area (Å²) in [5, 5.41) is 5.14. The lowest BCUT2D eigenvalue weighted by atomic mass is 9.95. The van der Waals surface area contributed by atoms with Gasteiger partial charge in [0.1, 0.15) is 12.6 Å². The van der Waals surface area contributed by atoms with Gasteiger partial charge in [-0.2, -0.15) is 0 Å². The minimum Gasteiger partial charge on any atom is -0.447 e. The number of hydrogen-bond acceptors (Lipinski definition) is 6. The molecule has 2 aromatic heterocycles. The fraction of sp³-hybridized carbons (Fsp3) is 0.450. The van der Waals surface area contributed by atoms with E-state index >= 15 is 0 Å². The van der Waals surface area contributed by atoms with Crippen molar-refractivity contribution in [2.75, 3.05) is 33.4 Å². The zero-order valence-electron chi connectivity index (χ0n) is 15.9. The van der Waals surface area contributed by atoms with E-state index in [0.29, 0.717) is 32.5 Å². The summed E-state index contributed by atoms with van der Waals surface area (Å²) in [5.74, 6) is -0.134. The van der Waals surface area contributed by atoms with Crippen LogP contribution in [0.4, 0.5) is 4.79 Å². The summed E-state index contributed by atoms with van der Waals surface area (Å²) in [5.41, 5.74) is 0.817. The number of ether oxygens (including phenoxy) is 2. The van der Waals surface area contributed by atoms with Gasteiger partial charge in [0.15, 0.2) is 0 Å². The van der Waals surface area contributed by atoms with Crippen molar-refractivity contribution in [3.8, 4) is 0 Å². The highest BCUT2D eigenvalue weighted by molar-refractivity contribution is 7.10. The molecule has 0 bridgehead atoms. The lowest BCUT2D eigenvalue weighted by Gasteiger charge is -2.31. The molecule has 1 aliphatic heterocycles. The average molecular weight is 404 g/mol. The fourth-order valence-electron chi connectivity index (χ4n) is 3.18. The molecule has 1 unspecified atom stereocenters. The van der Waals surface area contributed by atoms with Crippen molar-refractivity contribution in [2.24, 2.45) is 5.92 Å². The Bertz CT molecular complexity index is 746. The molecule has 150 valence electrons. The topological polar surface area (TPSA) is 80.8 Å². The van der Waals surface area contributed by atoms with E-state index < -0.39 is 0 Å². The molecule has 8 heteroatoms. The van der Waals surface area contributed by atoms with Crippen LogP contribution in [0.15, 0.2) is 41.9 Å². The maximum atomic E-state index is 12.9. The molecule has 1 aliphatic rings. The number of carbonyl (C=O) groups excluding carboxylic acids is 2. The van der Waals surface area contributed by atoms with Gasteiger partial charge in [0.05, 0.1) is 12.3 Å². The number of rotatable bonds is 7. The van der Waals surface area contributed by atoms with Crippen LogP contribution < -0.4 is 5.32 Å². The Balaban J connectivity index is 1.56. The fourth-order valence-corrected chi connectivity index (χ4v) is 3.97. The van der Waals surface area contributed by atoms with Gasteiger partial charge >= 0.3 is 6.09 Å². The standard InChI is InChI=1S/C20H25N3O4S/c1-26-12-13-27-20(25)23-10-7-15(8-11-23)19(24)22-18(17-6-4-14-28-17)16-5-2-3-9-21-16/h2-6,9,14-15,18H,7-8,10-13H2,1H3,(H,22,24). The molecule has 2 amide bonds. The highest BCUT2D eigenvalue weighted by atomic mass is 32.1. The maximum Gasteiger partial charge on any atom is 0.409 e. The number of amides is 2. The van der Waals surface area contributed by atoms with Crippen LogP contribution >= 0.6 is 11.3 Å². The molecule has 1 fully saturated rings. The van der Waals surface area contributed by atoms with Crippen LogP contribution in [0.5, 0.6) is 0 Å². The molecule has 0 aliphatic carbocycles. The van der Waals surface area contributed by atoms with Crippen molar-refractivity contribution in [1.82, 2.24) is 15.2 Å². The van der Waals surface area contributed by atoms with E-state index in [4.69, 9.17) is 9.47 Å². The smallest absolute Gasteiger partial charge is 0.409 e. The molecule has 0 radical (unpaired) electrons. The van der Waals surface area contributed by atoms with Crippen LogP contribution in [-0.2, 0) is 14.3 Å². The summed E-state index contributed by atoms with van der Waals surface area (Å²) in [7, 11) is 1.56. The Morgan fingerprint density at radius 3 is 2.71 bits per heavy atom. The van der Waals surface area contributed by atoms with Gasteiger partial charge in [0.25, 0.3) is 0 Å². The predicted octanol–water partition coefficient (Wildman–Crippen LogP) is 2.84. The molecular weight excluding hydrogens is 378 g/mol.